The van der Waals surface area contributed by atoms with Crippen LogP contribution < -0.4 is 5.73 Å². The van der Waals surface area contributed by atoms with Crippen molar-refractivity contribution in [3.05, 3.63) is 24.3 Å². The number of sulfonamides is 1. The van der Waals surface area contributed by atoms with E-state index in [-0.39, 0.29) is 0 Å². The molecule has 0 spiro atoms. The SMILES string of the molecule is Nc1ccc(S(=O)(=O)N2CCC(N3CCCCC3)CC2)cc1. The largest absolute Gasteiger partial charge is 0.399 e. The third-order valence-corrected chi connectivity index (χ3v) is 6.76. The molecule has 0 atom stereocenters. The topological polar surface area (TPSA) is 66.6 Å². The smallest absolute Gasteiger partial charge is 0.243 e. The lowest BCUT2D eigenvalue weighted by Crippen LogP contribution is -2.48. The molecule has 2 N–H and O–H groups in total. The average Bonchev–Trinajstić information content (AvgIpc) is 2.56. The van der Waals surface area contributed by atoms with Crippen molar-refractivity contribution in [2.75, 3.05) is 31.9 Å². The zero-order valence-electron chi connectivity index (χ0n) is 12.9. The third kappa shape index (κ3) is 3.29. The van der Waals surface area contributed by atoms with Gasteiger partial charge < -0.3 is 10.6 Å². The summed E-state index contributed by atoms with van der Waals surface area (Å²) in [5.74, 6) is 0. The van der Waals surface area contributed by atoms with E-state index in [1.165, 1.54) is 32.4 Å². The van der Waals surface area contributed by atoms with Crippen molar-refractivity contribution in [2.24, 2.45) is 0 Å². The van der Waals surface area contributed by atoms with E-state index in [2.05, 4.69) is 4.90 Å². The van der Waals surface area contributed by atoms with Crippen LogP contribution in [-0.2, 0) is 10.0 Å². The molecule has 0 saturated carbocycles. The highest BCUT2D eigenvalue weighted by molar-refractivity contribution is 7.89. The van der Waals surface area contributed by atoms with Gasteiger partial charge >= 0.3 is 0 Å². The van der Waals surface area contributed by atoms with E-state index in [0.29, 0.717) is 29.7 Å². The Labute approximate surface area is 133 Å². The number of benzene rings is 1. The molecule has 22 heavy (non-hydrogen) atoms. The van der Waals surface area contributed by atoms with E-state index in [1.54, 1.807) is 28.6 Å². The van der Waals surface area contributed by atoms with Gasteiger partial charge in [0.15, 0.2) is 0 Å². The number of likely N-dealkylation sites (tertiary alicyclic amines) is 1. The van der Waals surface area contributed by atoms with E-state index in [1.807, 2.05) is 0 Å². The predicted molar refractivity (Wildman–Crippen MR) is 88.1 cm³/mol. The molecule has 0 bridgehead atoms. The van der Waals surface area contributed by atoms with Gasteiger partial charge in [-0.1, -0.05) is 6.42 Å². The average molecular weight is 323 g/mol. The van der Waals surface area contributed by atoms with Crippen molar-refractivity contribution in [1.29, 1.82) is 0 Å². The zero-order chi connectivity index (χ0) is 15.6. The summed E-state index contributed by atoms with van der Waals surface area (Å²) in [6, 6.07) is 7.04. The second-order valence-electron chi connectivity index (χ2n) is 6.30. The van der Waals surface area contributed by atoms with Crippen molar-refractivity contribution in [1.82, 2.24) is 9.21 Å². The van der Waals surface area contributed by atoms with Gasteiger partial charge in [-0.25, -0.2) is 8.42 Å². The minimum Gasteiger partial charge on any atom is -0.399 e. The molecule has 0 unspecified atom stereocenters. The maximum absolute atomic E-state index is 12.7. The minimum absolute atomic E-state index is 0.345. The highest BCUT2D eigenvalue weighted by Crippen LogP contribution is 2.25. The number of hydrogen-bond acceptors (Lipinski definition) is 4. The summed E-state index contributed by atoms with van der Waals surface area (Å²) in [6.45, 7) is 3.59. The van der Waals surface area contributed by atoms with Gasteiger partial charge in [-0.2, -0.15) is 4.31 Å². The lowest BCUT2D eigenvalue weighted by atomic mass is 10.0. The van der Waals surface area contributed by atoms with E-state index in [0.717, 1.165) is 12.8 Å². The summed E-state index contributed by atoms with van der Waals surface area (Å²) >= 11 is 0. The summed E-state index contributed by atoms with van der Waals surface area (Å²) < 4.78 is 26.9. The van der Waals surface area contributed by atoms with Crippen molar-refractivity contribution in [3.8, 4) is 0 Å². The van der Waals surface area contributed by atoms with Gasteiger partial charge in [-0.15, -0.1) is 0 Å². The fraction of sp³-hybridized carbons (Fsp3) is 0.625. The molecule has 6 heteroatoms. The molecular formula is C16H25N3O2S. The second kappa shape index (κ2) is 6.56. The van der Waals surface area contributed by atoms with Crippen LogP contribution in [0.3, 0.4) is 0 Å². The Balaban J connectivity index is 1.63. The quantitative estimate of drug-likeness (QED) is 0.863. The van der Waals surface area contributed by atoms with Gasteiger partial charge in [-0.3, -0.25) is 0 Å². The van der Waals surface area contributed by atoms with Crippen molar-refractivity contribution < 1.29 is 8.42 Å². The first kappa shape index (κ1) is 15.8. The van der Waals surface area contributed by atoms with Crippen LogP contribution in [0.2, 0.25) is 0 Å². The summed E-state index contributed by atoms with van der Waals surface area (Å²) in [4.78, 5) is 2.90. The van der Waals surface area contributed by atoms with Crippen LogP contribution in [0.1, 0.15) is 32.1 Å². The molecule has 3 rings (SSSR count). The maximum atomic E-state index is 12.7. The van der Waals surface area contributed by atoms with Crippen LogP contribution in [0, 0.1) is 0 Å². The lowest BCUT2D eigenvalue weighted by molar-refractivity contribution is 0.118. The predicted octanol–water partition coefficient (Wildman–Crippen LogP) is 1.91. The van der Waals surface area contributed by atoms with E-state index in [4.69, 9.17) is 5.73 Å². The van der Waals surface area contributed by atoms with E-state index < -0.39 is 10.0 Å². The van der Waals surface area contributed by atoms with Crippen molar-refractivity contribution in [3.63, 3.8) is 0 Å². The number of nitrogens with two attached hydrogens (primary N) is 1. The van der Waals surface area contributed by atoms with Gasteiger partial charge in [0.05, 0.1) is 4.90 Å². The van der Waals surface area contributed by atoms with Crippen LogP contribution in [0.25, 0.3) is 0 Å². The van der Waals surface area contributed by atoms with Gasteiger partial charge in [-0.05, 0) is 63.0 Å². The summed E-state index contributed by atoms with van der Waals surface area (Å²) in [7, 11) is -3.37. The Morgan fingerprint density at radius 1 is 0.909 bits per heavy atom. The number of hydrogen-bond donors (Lipinski definition) is 1. The monoisotopic (exact) mass is 323 g/mol. The third-order valence-electron chi connectivity index (χ3n) is 4.85. The Bertz CT molecular complexity index is 586. The highest BCUT2D eigenvalue weighted by Gasteiger charge is 2.31. The molecule has 0 amide bonds. The molecule has 0 aromatic heterocycles. The molecular weight excluding hydrogens is 298 g/mol. The first-order valence-corrected chi connectivity index (χ1v) is 9.61. The molecule has 2 heterocycles. The second-order valence-corrected chi connectivity index (χ2v) is 8.24. The molecule has 1 aromatic carbocycles. The number of anilines is 1. The molecule has 2 fully saturated rings. The molecule has 2 aliphatic rings. The normalized spacial score (nSPS) is 22.7. The van der Waals surface area contributed by atoms with Crippen LogP contribution >= 0.6 is 0 Å². The number of nitrogen functional groups attached to an aromatic ring is 1. The number of rotatable bonds is 3. The Kier molecular flexibility index (Phi) is 4.70. The molecule has 2 saturated heterocycles. The Morgan fingerprint density at radius 2 is 1.50 bits per heavy atom. The minimum atomic E-state index is -3.37. The van der Waals surface area contributed by atoms with Crippen LogP contribution in [0.5, 0.6) is 0 Å². The molecule has 0 radical (unpaired) electrons. The van der Waals surface area contributed by atoms with Gasteiger partial charge in [0.25, 0.3) is 0 Å². The van der Waals surface area contributed by atoms with Crippen LogP contribution in [0.4, 0.5) is 5.69 Å². The summed E-state index contributed by atoms with van der Waals surface area (Å²) in [5, 5.41) is 0. The maximum Gasteiger partial charge on any atom is 0.243 e. The van der Waals surface area contributed by atoms with Gasteiger partial charge in [0.2, 0.25) is 10.0 Å². The standard InChI is InChI=1S/C16H25N3O2S/c17-14-4-6-16(7-5-14)22(20,21)19-12-8-15(9-13-19)18-10-2-1-3-11-18/h4-7,15H,1-3,8-13,17H2. The number of nitrogens with zero attached hydrogens (tertiary/aromatic N) is 2. The highest BCUT2D eigenvalue weighted by atomic mass is 32.2. The van der Waals surface area contributed by atoms with Gasteiger partial charge in [0, 0.05) is 24.8 Å². The zero-order valence-corrected chi connectivity index (χ0v) is 13.8. The fourth-order valence-electron chi connectivity index (χ4n) is 3.52. The Morgan fingerprint density at radius 3 is 2.09 bits per heavy atom. The first-order chi connectivity index (χ1) is 10.6. The van der Waals surface area contributed by atoms with Crippen molar-refractivity contribution in [2.45, 2.75) is 43.0 Å². The van der Waals surface area contributed by atoms with E-state index in [9.17, 15) is 8.42 Å². The lowest BCUT2D eigenvalue weighted by Gasteiger charge is -2.39. The first-order valence-electron chi connectivity index (χ1n) is 8.17. The van der Waals surface area contributed by atoms with Crippen LogP contribution in [0.15, 0.2) is 29.2 Å². The fourth-order valence-corrected chi connectivity index (χ4v) is 4.99. The summed E-state index contributed by atoms with van der Waals surface area (Å²) in [5.41, 5.74) is 6.22. The molecule has 2 aliphatic heterocycles. The van der Waals surface area contributed by atoms with Gasteiger partial charge in [0.1, 0.15) is 0 Å². The Hall–Kier alpha value is -1.11. The molecule has 1 aromatic rings. The number of piperidine rings is 2. The van der Waals surface area contributed by atoms with E-state index >= 15 is 0 Å². The van der Waals surface area contributed by atoms with Crippen LogP contribution in [-0.4, -0.2) is 49.8 Å². The van der Waals surface area contributed by atoms with Crippen molar-refractivity contribution >= 4 is 15.7 Å². The summed E-state index contributed by atoms with van der Waals surface area (Å²) in [6.07, 6.45) is 5.77. The molecule has 0 aliphatic carbocycles. The molecule has 122 valence electrons. The molecule has 5 nitrogen and oxygen atoms in total.